The van der Waals surface area contributed by atoms with Crippen molar-refractivity contribution in [1.82, 2.24) is 34.9 Å². The summed E-state index contributed by atoms with van der Waals surface area (Å²) < 4.78 is 1.80. The lowest BCUT2D eigenvalue weighted by Crippen LogP contribution is -2.35. The zero-order chi connectivity index (χ0) is 23.2. The Morgan fingerprint density at radius 1 is 1.24 bits per heavy atom. The first-order valence-electron chi connectivity index (χ1n) is 11.2. The molecule has 1 aliphatic heterocycles. The normalized spacial score (nSPS) is 23.8. The van der Waals surface area contributed by atoms with Crippen LogP contribution in [0, 0.1) is 18.8 Å². The predicted octanol–water partition coefficient (Wildman–Crippen LogP) is 3.29. The van der Waals surface area contributed by atoms with E-state index in [1.165, 1.54) is 5.01 Å². The Labute approximate surface area is 204 Å². The van der Waals surface area contributed by atoms with Crippen molar-refractivity contribution in [3.63, 3.8) is 0 Å². The molecule has 1 saturated heterocycles. The highest BCUT2D eigenvalue weighted by atomic mass is 35.5. The van der Waals surface area contributed by atoms with E-state index < -0.39 is 0 Å². The highest BCUT2D eigenvalue weighted by Crippen LogP contribution is 2.63. The van der Waals surface area contributed by atoms with Gasteiger partial charge in [0.2, 0.25) is 0 Å². The van der Waals surface area contributed by atoms with Crippen molar-refractivity contribution in [3.8, 4) is 11.3 Å². The fourth-order valence-corrected chi connectivity index (χ4v) is 7.14. The lowest BCUT2D eigenvalue weighted by atomic mass is 10.0. The molecule has 4 aromatic heterocycles. The molecule has 1 aliphatic carbocycles. The van der Waals surface area contributed by atoms with Crippen LogP contribution in [0.1, 0.15) is 10.7 Å². The molecule has 0 radical (unpaired) electrons. The molecule has 1 aromatic carbocycles. The third kappa shape index (κ3) is 2.61. The molecule has 0 amide bonds. The van der Waals surface area contributed by atoms with Gasteiger partial charge in [-0.05, 0) is 30.9 Å². The second-order valence-corrected chi connectivity index (χ2v) is 10.5. The number of hydrogen-bond acceptors (Lipinski definition) is 8. The van der Waals surface area contributed by atoms with Gasteiger partial charge < -0.3 is 10.6 Å². The van der Waals surface area contributed by atoms with Gasteiger partial charge >= 0.3 is 0 Å². The van der Waals surface area contributed by atoms with E-state index in [1.54, 1.807) is 22.2 Å². The average Bonchev–Trinajstić information content (AvgIpc) is 3.45. The number of anilines is 1. The van der Waals surface area contributed by atoms with E-state index in [0.717, 1.165) is 41.1 Å². The van der Waals surface area contributed by atoms with Crippen LogP contribution in [-0.4, -0.2) is 54.6 Å². The smallest absolute Gasteiger partial charge is 0.177 e. The number of benzene rings is 1. The number of nitrogens with one attached hydrogen (secondary N) is 1. The number of aryl methyl sites for hydroxylation is 2. The molecule has 0 spiro atoms. The molecule has 2 aliphatic rings. The highest BCUT2D eigenvalue weighted by Gasteiger charge is 2.69. The van der Waals surface area contributed by atoms with Crippen molar-refractivity contribution in [2.45, 2.75) is 12.3 Å². The van der Waals surface area contributed by atoms with Crippen molar-refractivity contribution < 1.29 is 0 Å². The molecule has 9 nitrogen and oxygen atoms in total. The Morgan fingerprint density at radius 2 is 2.06 bits per heavy atom. The third-order valence-electron chi connectivity index (χ3n) is 7.59. The van der Waals surface area contributed by atoms with E-state index in [0.29, 0.717) is 40.3 Å². The molecule has 5 heterocycles. The SMILES string of the molecule is Cc1csc([C@]2(CN)[C@@H]3CN(c4cnc5c(-c6ccc7c(cnn7C)c6Cl)n[nH]c5n4)C[C@@H]32)n1. The van der Waals surface area contributed by atoms with E-state index in [4.69, 9.17) is 32.3 Å². The van der Waals surface area contributed by atoms with Gasteiger partial charge in [0.15, 0.2) is 5.65 Å². The van der Waals surface area contributed by atoms with E-state index in [9.17, 15) is 0 Å². The Morgan fingerprint density at radius 3 is 2.79 bits per heavy atom. The van der Waals surface area contributed by atoms with Crippen LogP contribution in [0.2, 0.25) is 5.02 Å². The lowest BCUT2D eigenvalue weighted by Gasteiger charge is -2.25. The average molecular weight is 492 g/mol. The molecule has 0 bridgehead atoms. The molecule has 2 fully saturated rings. The van der Waals surface area contributed by atoms with Crippen molar-refractivity contribution >= 4 is 50.8 Å². The van der Waals surface area contributed by atoms with Crippen LogP contribution >= 0.6 is 22.9 Å². The molecule has 3 N–H and O–H groups in total. The standard InChI is InChI=1S/C23H22ClN9S/c1-11-9-34-22(28-11)23(10-25)14-7-33(8-15(14)23)17-6-26-20-19(30-31-21(20)29-17)12-3-4-16-13(18(12)24)5-27-32(16)2/h3-6,9,14-15H,7-8,10,25H2,1-2H3,(H,29,30,31)/t14-,15+,23-. The minimum Gasteiger partial charge on any atom is -0.355 e. The predicted molar refractivity (Wildman–Crippen MR) is 133 cm³/mol. The van der Waals surface area contributed by atoms with Crippen molar-refractivity contribution in [1.29, 1.82) is 0 Å². The first kappa shape index (κ1) is 20.3. The Balaban J connectivity index is 1.18. The van der Waals surface area contributed by atoms with Crippen LogP contribution in [0.25, 0.3) is 33.3 Å². The quantitative estimate of drug-likeness (QED) is 0.396. The highest BCUT2D eigenvalue weighted by molar-refractivity contribution is 7.09. The second-order valence-electron chi connectivity index (χ2n) is 9.28. The van der Waals surface area contributed by atoms with E-state index in [2.05, 4.69) is 25.6 Å². The molecule has 3 atom stereocenters. The Kier molecular flexibility index (Phi) is 4.16. The summed E-state index contributed by atoms with van der Waals surface area (Å²) in [5.41, 5.74) is 11.2. The Bertz CT molecular complexity index is 1570. The monoisotopic (exact) mass is 491 g/mol. The summed E-state index contributed by atoms with van der Waals surface area (Å²) in [4.78, 5) is 16.6. The molecule has 34 heavy (non-hydrogen) atoms. The van der Waals surface area contributed by atoms with Gasteiger partial charge in [-0.3, -0.25) is 9.78 Å². The van der Waals surface area contributed by atoms with Crippen LogP contribution in [0.5, 0.6) is 0 Å². The largest absolute Gasteiger partial charge is 0.355 e. The number of piperidine rings is 1. The third-order valence-corrected chi connectivity index (χ3v) is 9.15. The summed E-state index contributed by atoms with van der Waals surface area (Å²) in [5.74, 6) is 1.86. The zero-order valence-corrected chi connectivity index (χ0v) is 20.2. The van der Waals surface area contributed by atoms with Crippen LogP contribution < -0.4 is 10.6 Å². The second kappa shape index (κ2) is 6.97. The van der Waals surface area contributed by atoms with Gasteiger partial charge in [-0.15, -0.1) is 11.3 Å². The van der Waals surface area contributed by atoms with Crippen LogP contribution in [0.4, 0.5) is 5.82 Å². The zero-order valence-electron chi connectivity index (χ0n) is 18.7. The number of aromatic amines is 1. The fourth-order valence-electron chi connectivity index (χ4n) is 5.71. The van der Waals surface area contributed by atoms with Crippen molar-refractivity contribution in [2.24, 2.45) is 24.6 Å². The van der Waals surface area contributed by atoms with Crippen LogP contribution in [0.15, 0.2) is 29.9 Å². The summed E-state index contributed by atoms with van der Waals surface area (Å²) in [6.45, 7) is 4.50. The van der Waals surface area contributed by atoms with Gasteiger partial charge in [0.05, 0.1) is 22.9 Å². The van der Waals surface area contributed by atoms with Crippen LogP contribution in [-0.2, 0) is 12.5 Å². The topological polar surface area (TPSA) is 114 Å². The van der Waals surface area contributed by atoms with E-state index in [1.807, 2.05) is 32.3 Å². The molecule has 0 unspecified atom stereocenters. The number of rotatable bonds is 4. The van der Waals surface area contributed by atoms with Gasteiger partial charge in [0.25, 0.3) is 0 Å². The van der Waals surface area contributed by atoms with Gasteiger partial charge in [-0.25, -0.2) is 15.0 Å². The number of fused-ring (bicyclic) bond motifs is 3. The molecule has 172 valence electrons. The summed E-state index contributed by atoms with van der Waals surface area (Å²) in [5, 5.41) is 16.7. The lowest BCUT2D eigenvalue weighted by molar-refractivity contribution is 0.549. The van der Waals surface area contributed by atoms with E-state index >= 15 is 0 Å². The Hall–Kier alpha value is -3.08. The number of H-pyrrole nitrogens is 1. The van der Waals surface area contributed by atoms with Gasteiger partial charge in [-0.1, -0.05) is 11.6 Å². The molecular weight excluding hydrogens is 470 g/mol. The minimum atomic E-state index is 0.0236. The number of hydrogen-bond donors (Lipinski definition) is 2. The van der Waals surface area contributed by atoms with Gasteiger partial charge in [0.1, 0.15) is 22.0 Å². The minimum absolute atomic E-state index is 0.0236. The summed E-state index contributed by atoms with van der Waals surface area (Å²) in [7, 11) is 1.90. The molecule has 11 heteroatoms. The number of halogens is 1. The maximum atomic E-state index is 6.72. The van der Waals surface area contributed by atoms with Crippen LogP contribution in [0.3, 0.4) is 0 Å². The van der Waals surface area contributed by atoms with Gasteiger partial charge in [-0.2, -0.15) is 10.2 Å². The first-order valence-corrected chi connectivity index (χ1v) is 12.5. The molecule has 5 aromatic rings. The number of nitrogens with zero attached hydrogens (tertiary/aromatic N) is 7. The van der Waals surface area contributed by atoms with Gasteiger partial charge in [0, 0.05) is 54.1 Å². The molecular formula is C23H22ClN9S. The number of nitrogens with two attached hydrogens (primary N) is 1. The molecule has 1 saturated carbocycles. The number of aromatic nitrogens is 7. The summed E-state index contributed by atoms with van der Waals surface area (Å²) in [6.07, 6.45) is 3.60. The van der Waals surface area contributed by atoms with Crippen molar-refractivity contribution in [3.05, 3.63) is 45.6 Å². The maximum Gasteiger partial charge on any atom is 0.177 e. The van der Waals surface area contributed by atoms with Crippen molar-refractivity contribution in [2.75, 3.05) is 24.5 Å². The first-order chi connectivity index (χ1) is 16.5. The molecule has 7 rings (SSSR count). The summed E-state index contributed by atoms with van der Waals surface area (Å²) in [6, 6.07) is 3.95. The summed E-state index contributed by atoms with van der Waals surface area (Å²) >= 11 is 8.45. The fraction of sp³-hybridized carbons (Fsp3) is 0.348. The van der Waals surface area contributed by atoms with E-state index in [-0.39, 0.29) is 5.41 Å². The maximum absolute atomic E-state index is 6.72. The number of thiazole rings is 1.